The van der Waals surface area contributed by atoms with Gasteiger partial charge in [-0.1, -0.05) is 72.4 Å². The lowest BCUT2D eigenvalue weighted by atomic mass is 10.0. The van der Waals surface area contributed by atoms with Crippen molar-refractivity contribution in [3.63, 3.8) is 0 Å². The van der Waals surface area contributed by atoms with Crippen molar-refractivity contribution in [2.75, 3.05) is 12.9 Å². The minimum atomic E-state index is 0.0477. The smallest absolute Gasteiger partial charge is 0.196 e. The highest BCUT2D eigenvalue weighted by molar-refractivity contribution is 7.99. The number of benzene rings is 3. The molecule has 0 bridgehead atoms. The fourth-order valence-electron chi connectivity index (χ4n) is 3.59. The molecule has 5 rings (SSSR count). The van der Waals surface area contributed by atoms with Crippen LogP contribution in [0.3, 0.4) is 0 Å². The van der Waals surface area contributed by atoms with Crippen molar-refractivity contribution in [1.82, 2.24) is 14.8 Å². The van der Waals surface area contributed by atoms with E-state index < -0.39 is 0 Å². The van der Waals surface area contributed by atoms with Crippen LogP contribution < -0.4 is 4.74 Å². The molecule has 3 aromatic carbocycles. The lowest BCUT2D eigenvalue weighted by Crippen LogP contribution is -2.05. The van der Waals surface area contributed by atoms with Gasteiger partial charge in [-0.15, -0.1) is 21.5 Å². The van der Waals surface area contributed by atoms with Crippen molar-refractivity contribution in [2.45, 2.75) is 5.16 Å². The molecule has 0 aliphatic heterocycles. The molecule has 7 heteroatoms. The van der Waals surface area contributed by atoms with Crippen LogP contribution in [0.15, 0.2) is 102 Å². The summed E-state index contributed by atoms with van der Waals surface area (Å²) in [6, 6.07) is 29.6. The molecular formula is C27H21N3O2S2. The van der Waals surface area contributed by atoms with Crippen molar-refractivity contribution in [1.29, 1.82) is 0 Å². The Morgan fingerprint density at radius 3 is 2.29 bits per heavy atom. The highest BCUT2D eigenvalue weighted by Gasteiger charge is 2.18. The van der Waals surface area contributed by atoms with Gasteiger partial charge in [0.15, 0.2) is 16.8 Å². The molecule has 0 spiro atoms. The average molecular weight is 484 g/mol. The second-order valence-corrected chi connectivity index (χ2v) is 9.36. The van der Waals surface area contributed by atoms with Gasteiger partial charge in [-0.25, -0.2) is 0 Å². The van der Waals surface area contributed by atoms with E-state index in [0.717, 1.165) is 33.3 Å². The highest BCUT2D eigenvalue weighted by atomic mass is 32.2. The Balaban J connectivity index is 1.37. The van der Waals surface area contributed by atoms with E-state index in [2.05, 4.69) is 22.3 Å². The number of ether oxygens (including phenoxy) is 1. The summed E-state index contributed by atoms with van der Waals surface area (Å²) >= 11 is 2.99. The molecule has 34 heavy (non-hydrogen) atoms. The van der Waals surface area contributed by atoms with Gasteiger partial charge in [0.1, 0.15) is 5.75 Å². The average Bonchev–Trinajstić information content (AvgIpc) is 3.58. The predicted molar refractivity (Wildman–Crippen MR) is 138 cm³/mol. The number of aromatic nitrogens is 3. The number of hydrogen-bond donors (Lipinski definition) is 0. The molecular weight excluding hydrogens is 462 g/mol. The molecule has 0 saturated carbocycles. The van der Waals surface area contributed by atoms with E-state index in [0.29, 0.717) is 10.7 Å². The lowest BCUT2D eigenvalue weighted by Gasteiger charge is -2.10. The van der Waals surface area contributed by atoms with Gasteiger partial charge in [0.25, 0.3) is 0 Å². The van der Waals surface area contributed by atoms with E-state index in [4.69, 9.17) is 4.74 Å². The zero-order valence-electron chi connectivity index (χ0n) is 18.4. The summed E-state index contributed by atoms with van der Waals surface area (Å²) in [5.41, 5.74) is 3.81. The van der Waals surface area contributed by atoms with Gasteiger partial charge in [-0.05, 0) is 46.8 Å². The predicted octanol–water partition coefficient (Wildman–Crippen LogP) is 6.65. The SMILES string of the molecule is COc1ccc(-n2c(SCC(=O)c3ccc(-c4ccccc4)cc3)nnc2-c2cccs2)cc1. The quantitative estimate of drug-likeness (QED) is 0.183. The first-order chi connectivity index (χ1) is 16.7. The number of carbonyl (C=O) groups excluding carboxylic acids is 1. The van der Waals surface area contributed by atoms with Crippen molar-refractivity contribution in [3.8, 4) is 33.3 Å². The Labute approximate surface area is 206 Å². The Morgan fingerprint density at radius 2 is 1.62 bits per heavy atom. The normalized spacial score (nSPS) is 10.9. The number of thiophene rings is 1. The fourth-order valence-corrected chi connectivity index (χ4v) is 5.13. The van der Waals surface area contributed by atoms with Crippen LogP contribution in [0.1, 0.15) is 10.4 Å². The summed E-state index contributed by atoms with van der Waals surface area (Å²) in [4.78, 5) is 14.0. The second-order valence-electron chi connectivity index (χ2n) is 7.47. The van der Waals surface area contributed by atoms with E-state index in [1.807, 2.05) is 88.8 Å². The molecule has 0 fully saturated rings. The minimum absolute atomic E-state index is 0.0477. The number of hydrogen-bond acceptors (Lipinski definition) is 6. The van der Waals surface area contributed by atoms with Gasteiger partial charge in [-0.2, -0.15) is 0 Å². The number of methoxy groups -OCH3 is 1. The molecule has 0 saturated heterocycles. The fraction of sp³-hybridized carbons (Fsp3) is 0.0741. The van der Waals surface area contributed by atoms with Crippen LogP contribution in [-0.2, 0) is 0 Å². The molecule has 2 aromatic heterocycles. The van der Waals surface area contributed by atoms with Crippen molar-refractivity contribution < 1.29 is 9.53 Å². The Hall–Kier alpha value is -3.68. The van der Waals surface area contributed by atoms with Crippen molar-refractivity contribution in [2.24, 2.45) is 0 Å². The highest BCUT2D eigenvalue weighted by Crippen LogP contribution is 2.31. The minimum Gasteiger partial charge on any atom is -0.497 e. The number of rotatable bonds is 8. The standard InChI is InChI=1S/C27H21N3O2S2/c1-32-23-15-13-22(14-16-23)30-26(25-8-5-17-33-25)28-29-27(30)34-18-24(31)21-11-9-20(10-12-21)19-6-3-2-4-7-19/h2-17H,18H2,1H3. The summed E-state index contributed by atoms with van der Waals surface area (Å²) < 4.78 is 7.28. The summed E-state index contributed by atoms with van der Waals surface area (Å²) in [5.74, 6) is 1.84. The third-order valence-corrected chi connectivity index (χ3v) is 7.15. The first kappa shape index (κ1) is 22.1. The first-order valence-electron chi connectivity index (χ1n) is 10.7. The van der Waals surface area contributed by atoms with Gasteiger partial charge >= 0.3 is 0 Å². The van der Waals surface area contributed by atoms with Crippen LogP contribution in [-0.4, -0.2) is 33.4 Å². The zero-order chi connectivity index (χ0) is 23.3. The Morgan fingerprint density at radius 1 is 0.882 bits per heavy atom. The van der Waals surface area contributed by atoms with E-state index >= 15 is 0 Å². The number of ketones is 1. The zero-order valence-corrected chi connectivity index (χ0v) is 20.1. The van der Waals surface area contributed by atoms with Crippen LogP contribution >= 0.6 is 23.1 Å². The van der Waals surface area contributed by atoms with Crippen molar-refractivity contribution in [3.05, 3.63) is 102 Å². The number of nitrogens with zero attached hydrogens (tertiary/aromatic N) is 3. The third-order valence-electron chi connectivity index (χ3n) is 5.35. The lowest BCUT2D eigenvalue weighted by molar-refractivity contribution is 0.102. The number of thioether (sulfide) groups is 1. The molecule has 0 N–H and O–H groups in total. The summed E-state index contributed by atoms with van der Waals surface area (Å²) in [5, 5.41) is 11.5. The first-order valence-corrected chi connectivity index (χ1v) is 12.5. The van der Waals surface area contributed by atoms with Gasteiger partial charge < -0.3 is 4.74 Å². The maximum Gasteiger partial charge on any atom is 0.196 e. The topological polar surface area (TPSA) is 57.0 Å². The molecule has 0 aliphatic carbocycles. The molecule has 0 unspecified atom stereocenters. The van der Waals surface area contributed by atoms with Crippen LogP contribution in [0, 0.1) is 0 Å². The molecule has 0 amide bonds. The van der Waals surface area contributed by atoms with Crippen LogP contribution in [0.4, 0.5) is 0 Å². The molecule has 5 nitrogen and oxygen atoms in total. The van der Waals surface area contributed by atoms with E-state index in [1.165, 1.54) is 11.8 Å². The second kappa shape index (κ2) is 10.1. The summed E-state index contributed by atoms with van der Waals surface area (Å²) in [6.45, 7) is 0. The molecule has 0 atom stereocenters. The van der Waals surface area contributed by atoms with Crippen LogP contribution in [0.5, 0.6) is 5.75 Å². The van der Waals surface area contributed by atoms with Gasteiger partial charge in [-0.3, -0.25) is 9.36 Å². The third kappa shape index (κ3) is 4.66. The number of carbonyl (C=O) groups is 1. The van der Waals surface area contributed by atoms with Gasteiger partial charge in [0.2, 0.25) is 0 Å². The van der Waals surface area contributed by atoms with Gasteiger partial charge in [0.05, 0.1) is 23.4 Å². The molecule has 0 aliphatic rings. The molecule has 0 radical (unpaired) electrons. The Kier molecular flexibility index (Phi) is 6.56. The molecule has 2 heterocycles. The van der Waals surface area contributed by atoms with Crippen molar-refractivity contribution >= 4 is 28.9 Å². The number of Topliss-reactive ketones (excluding diaryl/α,β-unsaturated/α-hetero) is 1. The maximum atomic E-state index is 12.9. The Bertz CT molecular complexity index is 1380. The monoisotopic (exact) mass is 483 g/mol. The molecule has 5 aromatic rings. The van der Waals surface area contributed by atoms with E-state index in [1.54, 1.807) is 18.4 Å². The summed E-state index contributed by atoms with van der Waals surface area (Å²) in [7, 11) is 1.64. The van der Waals surface area contributed by atoms with Crippen LogP contribution in [0.25, 0.3) is 27.5 Å². The molecule has 168 valence electrons. The van der Waals surface area contributed by atoms with Gasteiger partial charge in [0, 0.05) is 5.56 Å². The van der Waals surface area contributed by atoms with Crippen LogP contribution in [0.2, 0.25) is 0 Å². The largest absolute Gasteiger partial charge is 0.497 e. The maximum absolute atomic E-state index is 12.9. The van der Waals surface area contributed by atoms with E-state index in [9.17, 15) is 4.79 Å². The van der Waals surface area contributed by atoms with E-state index in [-0.39, 0.29) is 11.5 Å². The summed E-state index contributed by atoms with van der Waals surface area (Å²) in [6.07, 6.45) is 0.